The second kappa shape index (κ2) is 3.94. The van der Waals surface area contributed by atoms with Gasteiger partial charge in [0.25, 0.3) is 0 Å². The molecule has 0 unspecified atom stereocenters. The third kappa shape index (κ3) is 1.73. The van der Waals surface area contributed by atoms with Crippen LogP contribution < -0.4 is 0 Å². The molecule has 1 heterocycles. The Bertz CT molecular complexity index is 682. The summed E-state index contributed by atoms with van der Waals surface area (Å²) in [6.07, 6.45) is 0. The van der Waals surface area contributed by atoms with Crippen LogP contribution in [0, 0.1) is 6.92 Å². The van der Waals surface area contributed by atoms with Gasteiger partial charge in [-0.2, -0.15) is 0 Å². The van der Waals surface area contributed by atoms with Crippen molar-refractivity contribution in [2.45, 2.75) is 6.92 Å². The number of fused-ring (bicyclic) bond motifs is 1. The molecule has 0 aliphatic heterocycles. The SMILES string of the molecule is Cc1cc2cccc(-c3ccccc3Cl)c2[nH]1. The normalized spacial score (nSPS) is 10.9. The average molecular weight is 242 g/mol. The van der Waals surface area contributed by atoms with Crippen LogP contribution >= 0.6 is 11.6 Å². The molecule has 0 atom stereocenters. The molecule has 1 nitrogen and oxygen atoms in total. The maximum atomic E-state index is 6.25. The molecule has 3 aromatic rings. The van der Waals surface area contributed by atoms with Crippen molar-refractivity contribution in [2.75, 3.05) is 0 Å². The largest absolute Gasteiger partial charge is 0.358 e. The Kier molecular flexibility index (Phi) is 2.41. The van der Waals surface area contributed by atoms with Crippen LogP contribution in [0.3, 0.4) is 0 Å². The summed E-state index contributed by atoms with van der Waals surface area (Å²) in [7, 11) is 0. The van der Waals surface area contributed by atoms with Crippen LogP contribution in [-0.4, -0.2) is 4.98 Å². The first-order valence-electron chi connectivity index (χ1n) is 5.59. The number of rotatable bonds is 1. The van der Waals surface area contributed by atoms with E-state index in [2.05, 4.69) is 36.2 Å². The average Bonchev–Trinajstić information content (AvgIpc) is 2.70. The van der Waals surface area contributed by atoms with Gasteiger partial charge in [-0.3, -0.25) is 0 Å². The fourth-order valence-corrected chi connectivity index (χ4v) is 2.44. The van der Waals surface area contributed by atoms with E-state index in [-0.39, 0.29) is 0 Å². The monoisotopic (exact) mass is 241 g/mol. The van der Waals surface area contributed by atoms with Crippen molar-refractivity contribution in [1.29, 1.82) is 0 Å². The predicted octanol–water partition coefficient (Wildman–Crippen LogP) is 4.80. The summed E-state index contributed by atoms with van der Waals surface area (Å²) < 4.78 is 0. The van der Waals surface area contributed by atoms with E-state index < -0.39 is 0 Å². The smallest absolute Gasteiger partial charge is 0.0536 e. The maximum Gasteiger partial charge on any atom is 0.0536 e. The summed E-state index contributed by atoms with van der Waals surface area (Å²) >= 11 is 6.25. The van der Waals surface area contributed by atoms with E-state index in [9.17, 15) is 0 Å². The molecule has 0 aliphatic rings. The molecule has 0 amide bonds. The van der Waals surface area contributed by atoms with Gasteiger partial charge in [-0.05, 0) is 19.1 Å². The Labute approximate surface area is 105 Å². The first-order chi connectivity index (χ1) is 8.25. The van der Waals surface area contributed by atoms with Crippen LogP contribution in [0.25, 0.3) is 22.0 Å². The Morgan fingerprint density at radius 2 is 1.71 bits per heavy atom. The fraction of sp³-hybridized carbons (Fsp3) is 0.0667. The van der Waals surface area contributed by atoms with Crippen molar-refractivity contribution in [3.63, 3.8) is 0 Å². The highest BCUT2D eigenvalue weighted by atomic mass is 35.5. The van der Waals surface area contributed by atoms with Gasteiger partial charge in [-0.15, -0.1) is 0 Å². The zero-order valence-electron chi connectivity index (χ0n) is 9.50. The molecule has 0 spiro atoms. The molecule has 84 valence electrons. The van der Waals surface area contributed by atoms with Crippen LogP contribution in [0.1, 0.15) is 5.69 Å². The third-order valence-corrected chi connectivity index (χ3v) is 3.28. The van der Waals surface area contributed by atoms with Gasteiger partial charge < -0.3 is 4.98 Å². The molecule has 0 radical (unpaired) electrons. The Morgan fingerprint density at radius 1 is 0.941 bits per heavy atom. The quantitative estimate of drug-likeness (QED) is 0.630. The standard InChI is InChI=1S/C15H12ClN/c1-10-9-11-5-4-7-13(15(11)17-10)12-6-2-3-8-14(12)16/h2-9,17H,1H3. The van der Waals surface area contributed by atoms with E-state index >= 15 is 0 Å². The van der Waals surface area contributed by atoms with Crippen molar-refractivity contribution in [2.24, 2.45) is 0 Å². The number of hydrogen-bond acceptors (Lipinski definition) is 0. The van der Waals surface area contributed by atoms with Crippen molar-refractivity contribution >= 4 is 22.5 Å². The van der Waals surface area contributed by atoms with Gasteiger partial charge in [0, 0.05) is 27.2 Å². The summed E-state index contributed by atoms with van der Waals surface area (Å²) in [6.45, 7) is 2.07. The molecule has 17 heavy (non-hydrogen) atoms. The summed E-state index contributed by atoms with van der Waals surface area (Å²) in [5.74, 6) is 0. The Balaban J connectivity index is 2.34. The van der Waals surface area contributed by atoms with Crippen LogP contribution in [0.15, 0.2) is 48.5 Å². The maximum absolute atomic E-state index is 6.25. The lowest BCUT2D eigenvalue weighted by Crippen LogP contribution is -1.81. The summed E-state index contributed by atoms with van der Waals surface area (Å²) in [5.41, 5.74) is 4.54. The third-order valence-electron chi connectivity index (χ3n) is 2.95. The van der Waals surface area contributed by atoms with Gasteiger partial charge in [0.05, 0.1) is 5.52 Å². The number of aromatic amines is 1. The fourth-order valence-electron chi connectivity index (χ4n) is 2.20. The molecular formula is C15H12ClN. The van der Waals surface area contributed by atoms with Gasteiger partial charge in [0.15, 0.2) is 0 Å². The predicted molar refractivity (Wildman–Crippen MR) is 73.5 cm³/mol. The number of nitrogens with one attached hydrogen (secondary N) is 1. The van der Waals surface area contributed by atoms with Gasteiger partial charge in [-0.1, -0.05) is 48.0 Å². The van der Waals surface area contributed by atoms with E-state index in [1.54, 1.807) is 0 Å². The van der Waals surface area contributed by atoms with Crippen LogP contribution in [0.4, 0.5) is 0 Å². The topological polar surface area (TPSA) is 15.8 Å². The lowest BCUT2D eigenvalue weighted by Gasteiger charge is -2.05. The first kappa shape index (κ1) is 10.4. The molecule has 0 bridgehead atoms. The molecule has 0 aliphatic carbocycles. The minimum atomic E-state index is 0.784. The number of hydrogen-bond donors (Lipinski definition) is 1. The number of para-hydroxylation sites is 1. The van der Waals surface area contributed by atoms with Gasteiger partial charge in [-0.25, -0.2) is 0 Å². The van der Waals surface area contributed by atoms with Crippen LogP contribution in [0.5, 0.6) is 0 Å². The molecule has 2 heteroatoms. The van der Waals surface area contributed by atoms with Gasteiger partial charge in [0.2, 0.25) is 0 Å². The second-order valence-corrected chi connectivity index (χ2v) is 4.61. The number of aromatic nitrogens is 1. The summed E-state index contributed by atoms with van der Waals surface area (Å²) in [4.78, 5) is 3.39. The lowest BCUT2D eigenvalue weighted by molar-refractivity contribution is 1.30. The minimum absolute atomic E-state index is 0.784. The highest BCUT2D eigenvalue weighted by Crippen LogP contribution is 2.32. The lowest BCUT2D eigenvalue weighted by atomic mass is 10.0. The number of halogens is 1. The van der Waals surface area contributed by atoms with Crippen molar-refractivity contribution in [3.8, 4) is 11.1 Å². The Hall–Kier alpha value is -1.73. The van der Waals surface area contributed by atoms with Gasteiger partial charge in [0.1, 0.15) is 0 Å². The van der Waals surface area contributed by atoms with Crippen LogP contribution in [-0.2, 0) is 0 Å². The van der Waals surface area contributed by atoms with E-state index in [1.165, 1.54) is 11.1 Å². The van der Waals surface area contributed by atoms with Crippen molar-refractivity contribution < 1.29 is 0 Å². The highest BCUT2D eigenvalue weighted by molar-refractivity contribution is 6.33. The van der Waals surface area contributed by atoms with Gasteiger partial charge >= 0.3 is 0 Å². The molecule has 0 saturated carbocycles. The molecule has 1 N–H and O–H groups in total. The molecule has 3 rings (SSSR count). The van der Waals surface area contributed by atoms with Crippen LogP contribution in [0.2, 0.25) is 5.02 Å². The Morgan fingerprint density at radius 3 is 2.53 bits per heavy atom. The molecule has 1 aromatic heterocycles. The molecular weight excluding hydrogens is 230 g/mol. The zero-order chi connectivity index (χ0) is 11.8. The molecule has 0 fully saturated rings. The summed E-state index contributed by atoms with van der Waals surface area (Å²) in [6, 6.07) is 16.4. The van der Waals surface area contributed by atoms with E-state index in [4.69, 9.17) is 11.6 Å². The zero-order valence-corrected chi connectivity index (χ0v) is 10.3. The molecule has 2 aromatic carbocycles. The highest BCUT2D eigenvalue weighted by Gasteiger charge is 2.08. The first-order valence-corrected chi connectivity index (χ1v) is 5.97. The molecule has 0 saturated heterocycles. The number of benzene rings is 2. The van der Waals surface area contributed by atoms with Crippen molar-refractivity contribution in [3.05, 3.63) is 59.2 Å². The second-order valence-electron chi connectivity index (χ2n) is 4.20. The van der Waals surface area contributed by atoms with E-state index in [0.29, 0.717) is 0 Å². The summed E-state index contributed by atoms with van der Waals surface area (Å²) in [5, 5.41) is 2.01. The van der Waals surface area contributed by atoms with Crippen molar-refractivity contribution in [1.82, 2.24) is 4.98 Å². The van der Waals surface area contributed by atoms with E-state index in [1.807, 2.05) is 24.3 Å². The number of H-pyrrole nitrogens is 1. The minimum Gasteiger partial charge on any atom is -0.358 e. The van der Waals surface area contributed by atoms with E-state index in [0.717, 1.165) is 21.7 Å². The number of aryl methyl sites for hydroxylation is 1.